The summed E-state index contributed by atoms with van der Waals surface area (Å²) in [6, 6.07) is 10.4. The van der Waals surface area contributed by atoms with Crippen LogP contribution < -0.4 is 4.74 Å². The second kappa shape index (κ2) is 7.99. The van der Waals surface area contributed by atoms with Gasteiger partial charge in [-0.3, -0.25) is 0 Å². The van der Waals surface area contributed by atoms with Crippen LogP contribution in [0.1, 0.15) is 26.2 Å². The van der Waals surface area contributed by atoms with Crippen LogP contribution in [0.25, 0.3) is 0 Å². The first-order valence-corrected chi connectivity index (χ1v) is 7.08. The third kappa shape index (κ3) is 4.87. The number of azo groups is 1. The highest BCUT2D eigenvalue weighted by Gasteiger charge is 2.03. The number of hydrogen-bond acceptors (Lipinski definition) is 5. The fraction of sp³-hybridized carbons (Fsp3) is 0.312. The number of aromatic hydroxyl groups is 1. The van der Waals surface area contributed by atoms with Crippen molar-refractivity contribution in [3.05, 3.63) is 42.6 Å². The number of rotatable bonds is 7. The minimum atomic E-state index is 0.0441. The van der Waals surface area contributed by atoms with Crippen molar-refractivity contribution < 1.29 is 9.84 Å². The Morgan fingerprint density at radius 3 is 2.76 bits per heavy atom. The molecule has 21 heavy (non-hydrogen) atoms. The average molecular weight is 285 g/mol. The van der Waals surface area contributed by atoms with E-state index in [1.807, 2.05) is 6.07 Å². The Morgan fingerprint density at radius 2 is 2.05 bits per heavy atom. The van der Waals surface area contributed by atoms with Gasteiger partial charge in [-0.05, 0) is 30.7 Å². The zero-order valence-corrected chi connectivity index (χ0v) is 12.1. The third-order valence-electron chi connectivity index (χ3n) is 2.87. The van der Waals surface area contributed by atoms with Crippen LogP contribution in [0.3, 0.4) is 0 Å². The average Bonchev–Trinajstić information content (AvgIpc) is 2.52. The van der Waals surface area contributed by atoms with Crippen LogP contribution in [0.4, 0.5) is 11.5 Å². The van der Waals surface area contributed by atoms with Crippen molar-refractivity contribution in [2.75, 3.05) is 6.61 Å². The molecule has 2 rings (SSSR count). The van der Waals surface area contributed by atoms with Crippen molar-refractivity contribution in [3.63, 3.8) is 0 Å². The summed E-state index contributed by atoms with van der Waals surface area (Å²) in [6.45, 7) is 2.80. The highest BCUT2D eigenvalue weighted by atomic mass is 16.5. The van der Waals surface area contributed by atoms with Gasteiger partial charge < -0.3 is 9.84 Å². The summed E-state index contributed by atoms with van der Waals surface area (Å²) in [5.41, 5.74) is 0.390. The van der Waals surface area contributed by atoms with Gasteiger partial charge in [-0.25, -0.2) is 4.98 Å². The molecule has 0 fully saturated rings. The minimum absolute atomic E-state index is 0.0441. The number of hydrogen-bond donors (Lipinski definition) is 1. The number of phenols is 1. The quantitative estimate of drug-likeness (QED) is 0.588. The van der Waals surface area contributed by atoms with E-state index in [-0.39, 0.29) is 5.75 Å². The molecule has 1 heterocycles. The molecule has 1 aromatic carbocycles. The molecule has 2 aromatic rings. The van der Waals surface area contributed by atoms with E-state index in [9.17, 15) is 5.11 Å². The van der Waals surface area contributed by atoms with Gasteiger partial charge in [0.05, 0.1) is 6.61 Å². The Hall–Kier alpha value is -2.43. The van der Waals surface area contributed by atoms with E-state index in [0.717, 1.165) is 19.3 Å². The minimum Gasteiger partial charge on any atom is -0.505 e. The molecule has 0 saturated carbocycles. The molecule has 0 aliphatic carbocycles. The third-order valence-corrected chi connectivity index (χ3v) is 2.87. The molecule has 5 heteroatoms. The SMILES string of the molecule is CCCCCOc1ccc(N=Nc2ccccn2)c(O)c1. The number of ether oxygens (including phenoxy) is 1. The predicted octanol–water partition coefficient (Wildman–Crippen LogP) is 4.77. The molecule has 0 spiro atoms. The van der Waals surface area contributed by atoms with Crippen LogP contribution in [0.15, 0.2) is 52.8 Å². The van der Waals surface area contributed by atoms with Crippen LogP contribution in [0.2, 0.25) is 0 Å². The van der Waals surface area contributed by atoms with E-state index in [2.05, 4.69) is 22.1 Å². The van der Waals surface area contributed by atoms with Gasteiger partial charge in [0, 0.05) is 12.3 Å². The van der Waals surface area contributed by atoms with Gasteiger partial charge in [0.1, 0.15) is 17.2 Å². The molecule has 0 saturated heterocycles. The first-order chi connectivity index (χ1) is 10.3. The molecule has 0 bridgehead atoms. The fourth-order valence-electron chi connectivity index (χ4n) is 1.74. The Balaban J connectivity index is 1.97. The van der Waals surface area contributed by atoms with E-state index in [4.69, 9.17) is 4.74 Å². The molecule has 5 nitrogen and oxygen atoms in total. The van der Waals surface area contributed by atoms with Crippen molar-refractivity contribution in [1.82, 2.24) is 4.98 Å². The number of pyridine rings is 1. The van der Waals surface area contributed by atoms with Crippen molar-refractivity contribution in [1.29, 1.82) is 0 Å². The Bertz CT molecular complexity index is 585. The number of unbranched alkanes of at least 4 members (excludes halogenated alkanes) is 2. The topological polar surface area (TPSA) is 67.1 Å². The summed E-state index contributed by atoms with van der Waals surface area (Å²) in [7, 11) is 0. The first-order valence-electron chi connectivity index (χ1n) is 7.08. The molecule has 1 N–H and O–H groups in total. The molecular formula is C16H19N3O2. The van der Waals surface area contributed by atoms with Crippen LogP contribution in [0, 0.1) is 0 Å². The van der Waals surface area contributed by atoms with Gasteiger partial charge in [0.15, 0.2) is 5.82 Å². The molecule has 0 aliphatic rings. The van der Waals surface area contributed by atoms with Crippen LogP contribution in [0.5, 0.6) is 11.5 Å². The van der Waals surface area contributed by atoms with Gasteiger partial charge in [-0.2, -0.15) is 0 Å². The maximum Gasteiger partial charge on any atom is 0.174 e. The Labute approximate surface area is 124 Å². The Kier molecular flexibility index (Phi) is 5.70. The maximum absolute atomic E-state index is 9.92. The van der Waals surface area contributed by atoms with E-state index in [1.54, 1.807) is 36.5 Å². The smallest absolute Gasteiger partial charge is 0.174 e. The van der Waals surface area contributed by atoms with Gasteiger partial charge >= 0.3 is 0 Å². The lowest BCUT2D eigenvalue weighted by molar-refractivity contribution is 0.304. The largest absolute Gasteiger partial charge is 0.505 e. The first kappa shape index (κ1) is 15.0. The van der Waals surface area contributed by atoms with Gasteiger partial charge in [-0.15, -0.1) is 10.2 Å². The lowest BCUT2D eigenvalue weighted by Gasteiger charge is -2.06. The van der Waals surface area contributed by atoms with Crippen molar-refractivity contribution in [2.45, 2.75) is 26.2 Å². The van der Waals surface area contributed by atoms with Gasteiger partial charge in [-0.1, -0.05) is 25.8 Å². The number of nitrogens with zero attached hydrogens (tertiary/aromatic N) is 3. The molecule has 0 aliphatic heterocycles. The lowest BCUT2D eigenvalue weighted by Crippen LogP contribution is -1.96. The number of aromatic nitrogens is 1. The second-order valence-corrected chi connectivity index (χ2v) is 4.59. The Morgan fingerprint density at radius 1 is 1.14 bits per heavy atom. The highest BCUT2D eigenvalue weighted by Crippen LogP contribution is 2.31. The summed E-state index contributed by atoms with van der Waals surface area (Å²) < 4.78 is 5.56. The normalized spacial score (nSPS) is 10.9. The van der Waals surface area contributed by atoms with Crippen LogP contribution in [-0.2, 0) is 0 Å². The molecule has 0 unspecified atom stereocenters. The maximum atomic E-state index is 9.92. The molecule has 1 aromatic heterocycles. The van der Waals surface area contributed by atoms with Gasteiger partial charge in [0.25, 0.3) is 0 Å². The summed E-state index contributed by atoms with van der Waals surface area (Å²) in [5, 5.41) is 17.9. The number of benzene rings is 1. The van der Waals surface area contributed by atoms with Crippen molar-refractivity contribution in [3.8, 4) is 11.5 Å². The van der Waals surface area contributed by atoms with Crippen molar-refractivity contribution >= 4 is 11.5 Å². The van der Waals surface area contributed by atoms with E-state index in [1.165, 1.54) is 0 Å². The lowest BCUT2D eigenvalue weighted by atomic mass is 10.2. The van der Waals surface area contributed by atoms with E-state index in [0.29, 0.717) is 23.9 Å². The predicted molar refractivity (Wildman–Crippen MR) is 81.5 cm³/mol. The molecular weight excluding hydrogens is 266 g/mol. The molecule has 0 radical (unpaired) electrons. The summed E-state index contributed by atoms with van der Waals surface area (Å²) in [4.78, 5) is 4.03. The molecule has 0 atom stereocenters. The molecule has 110 valence electrons. The fourth-order valence-corrected chi connectivity index (χ4v) is 1.74. The summed E-state index contributed by atoms with van der Waals surface area (Å²) >= 11 is 0. The summed E-state index contributed by atoms with van der Waals surface area (Å²) in [5.74, 6) is 1.18. The highest BCUT2D eigenvalue weighted by molar-refractivity contribution is 5.54. The van der Waals surface area contributed by atoms with E-state index >= 15 is 0 Å². The second-order valence-electron chi connectivity index (χ2n) is 4.59. The zero-order chi connectivity index (χ0) is 14.9. The van der Waals surface area contributed by atoms with Crippen LogP contribution >= 0.6 is 0 Å². The van der Waals surface area contributed by atoms with Crippen LogP contribution in [-0.4, -0.2) is 16.7 Å². The summed E-state index contributed by atoms with van der Waals surface area (Å²) in [6.07, 6.45) is 4.95. The van der Waals surface area contributed by atoms with Gasteiger partial charge in [0.2, 0.25) is 0 Å². The molecule has 0 amide bonds. The number of phenolic OH excluding ortho intramolecular Hbond substituents is 1. The van der Waals surface area contributed by atoms with Crippen molar-refractivity contribution in [2.24, 2.45) is 10.2 Å². The monoisotopic (exact) mass is 285 g/mol. The standard InChI is InChI=1S/C16H19N3O2/c1-2-3-6-11-21-13-8-9-14(15(20)12-13)18-19-16-7-4-5-10-17-16/h4-5,7-10,12,20H,2-3,6,11H2,1H3. The van der Waals surface area contributed by atoms with E-state index < -0.39 is 0 Å². The zero-order valence-electron chi connectivity index (χ0n) is 12.1.